The highest BCUT2D eigenvalue weighted by Crippen LogP contribution is 2.30. The van der Waals surface area contributed by atoms with Crippen LogP contribution in [0.1, 0.15) is 11.6 Å². The molecule has 1 amide bonds. The minimum absolute atomic E-state index is 0.0451. The first-order chi connectivity index (χ1) is 9.89. The van der Waals surface area contributed by atoms with Crippen LogP contribution in [0, 0.1) is 0 Å². The number of rotatable bonds is 5. The van der Waals surface area contributed by atoms with Crippen LogP contribution >= 0.6 is 0 Å². The lowest BCUT2D eigenvalue weighted by Gasteiger charge is -2.22. The van der Waals surface area contributed by atoms with Crippen LogP contribution in [0.3, 0.4) is 0 Å². The van der Waals surface area contributed by atoms with Gasteiger partial charge in [-0.2, -0.15) is 13.2 Å². The number of alkyl halides is 3. The molecule has 5 nitrogen and oxygen atoms in total. The topological polar surface area (TPSA) is 59.6 Å². The molecule has 0 bridgehead atoms. The highest BCUT2D eigenvalue weighted by atomic mass is 19.4. The summed E-state index contributed by atoms with van der Waals surface area (Å²) in [6.07, 6.45) is -4.35. The Balaban J connectivity index is 2.04. The number of nitrogens with one attached hydrogen (secondary N) is 2. The highest BCUT2D eigenvalue weighted by molar-refractivity contribution is 5.95. The van der Waals surface area contributed by atoms with Gasteiger partial charge in [-0.25, -0.2) is 0 Å². The molecule has 116 valence electrons. The number of amides is 1. The number of carbonyl (C=O) groups excluding carboxylic acids is 1. The molecule has 0 radical (unpaired) electrons. The third-order valence-corrected chi connectivity index (χ3v) is 2.94. The molecule has 1 aromatic carbocycles. The van der Waals surface area contributed by atoms with Crippen LogP contribution in [0.25, 0.3) is 0 Å². The molecular formula is C13H15F3N2O3. The largest absolute Gasteiger partial charge is 0.482 e. The predicted octanol–water partition coefficient (Wildman–Crippen LogP) is 1.86. The average molecular weight is 304 g/mol. The number of ether oxygens (including phenoxy) is 2. The summed E-state index contributed by atoms with van der Waals surface area (Å²) in [4.78, 5) is 11.3. The van der Waals surface area contributed by atoms with Gasteiger partial charge < -0.3 is 20.1 Å². The standard InChI is InChI=1S/C13H15F3N2O3/c1-17-10(5-20-7-13(14,15)16)8-2-3-11-9(4-8)18-12(19)6-21-11/h2-4,10,17H,5-7H2,1H3,(H,18,19). The Hall–Kier alpha value is -1.80. The van der Waals surface area contributed by atoms with Crippen LogP contribution in [0.15, 0.2) is 18.2 Å². The minimum Gasteiger partial charge on any atom is -0.482 e. The Kier molecular flexibility index (Phi) is 4.69. The zero-order valence-corrected chi connectivity index (χ0v) is 11.3. The van der Waals surface area contributed by atoms with E-state index in [-0.39, 0.29) is 19.1 Å². The maximum atomic E-state index is 12.1. The van der Waals surface area contributed by atoms with Crippen molar-refractivity contribution in [3.63, 3.8) is 0 Å². The number of hydrogen-bond acceptors (Lipinski definition) is 4. The van der Waals surface area contributed by atoms with Crippen molar-refractivity contribution in [1.29, 1.82) is 0 Å². The number of likely N-dealkylation sites (N-methyl/N-ethyl adjacent to an activating group) is 1. The molecule has 0 saturated carbocycles. The summed E-state index contributed by atoms with van der Waals surface area (Å²) >= 11 is 0. The average Bonchev–Trinajstić information content (AvgIpc) is 2.41. The fourth-order valence-corrected chi connectivity index (χ4v) is 1.96. The quantitative estimate of drug-likeness (QED) is 0.872. The molecule has 1 aromatic rings. The second-order valence-corrected chi connectivity index (χ2v) is 4.56. The Bertz CT molecular complexity index is 520. The number of benzene rings is 1. The lowest BCUT2D eigenvalue weighted by molar-refractivity contribution is -0.175. The number of carbonyl (C=O) groups is 1. The number of hydrogen-bond donors (Lipinski definition) is 2. The summed E-state index contributed by atoms with van der Waals surface area (Å²) < 4.78 is 46.1. The van der Waals surface area contributed by atoms with Gasteiger partial charge in [0, 0.05) is 0 Å². The molecule has 1 unspecified atom stereocenters. The molecule has 1 aliphatic heterocycles. The summed E-state index contributed by atoms with van der Waals surface area (Å²) in [7, 11) is 1.62. The van der Waals surface area contributed by atoms with E-state index in [1.807, 2.05) is 0 Å². The number of halogens is 3. The van der Waals surface area contributed by atoms with Crippen LogP contribution in [0.4, 0.5) is 18.9 Å². The van der Waals surface area contributed by atoms with Crippen molar-refractivity contribution in [3.8, 4) is 5.75 Å². The van der Waals surface area contributed by atoms with E-state index in [0.29, 0.717) is 17.0 Å². The van der Waals surface area contributed by atoms with Crippen molar-refractivity contribution in [2.75, 3.05) is 32.2 Å². The fraction of sp³-hybridized carbons (Fsp3) is 0.462. The molecule has 0 aromatic heterocycles. The lowest BCUT2D eigenvalue weighted by atomic mass is 10.1. The van der Waals surface area contributed by atoms with Gasteiger partial charge >= 0.3 is 6.18 Å². The van der Waals surface area contributed by atoms with E-state index in [4.69, 9.17) is 4.74 Å². The Morgan fingerprint density at radius 2 is 2.24 bits per heavy atom. The van der Waals surface area contributed by atoms with Crippen LogP contribution < -0.4 is 15.4 Å². The number of anilines is 1. The van der Waals surface area contributed by atoms with Gasteiger partial charge in [-0.15, -0.1) is 0 Å². The third-order valence-electron chi connectivity index (χ3n) is 2.94. The Morgan fingerprint density at radius 1 is 1.48 bits per heavy atom. The van der Waals surface area contributed by atoms with Gasteiger partial charge in [0.1, 0.15) is 12.4 Å². The van der Waals surface area contributed by atoms with Crippen LogP contribution in [-0.2, 0) is 9.53 Å². The molecule has 0 fully saturated rings. The molecule has 2 N–H and O–H groups in total. The van der Waals surface area contributed by atoms with Crippen molar-refractivity contribution in [2.45, 2.75) is 12.2 Å². The molecule has 21 heavy (non-hydrogen) atoms. The molecule has 2 rings (SSSR count). The highest BCUT2D eigenvalue weighted by Gasteiger charge is 2.28. The smallest absolute Gasteiger partial charge is 0.411 e. The van der Waals surface area contributed by atoms with E-state index >= 15 is 0 Å². The predicted molar refractivity (Wildman–Crippen MR) is 69.2 cm³/mol. The van der Waals surface area contributed by atoms with Crippen LogP contribution in [0.2, 0.25) is 0 Å². The number of fused-ring (bicyclic) bond motifs is 1. The Morgan fingerprint density at radius 3 is 2.90 bits per heavy atom. The SMILES string of the molecule is CNC(COCC(F)(F)F)c1ccc2c(c1)NC(=O)CO2. The van der Waals surface area contributed by atoms with E-state index in [2.05, 4.69) is 15.4 Å². The normalized spacial score (nSPS) is 15.9. The van der Waals surface area contributed by atoms with E-state index < -0.39 is 18.8 Å². The van der Waals surface area contributed by atoms with Gasteiger partial charge in [0.05, 0.1) is 18.3 Å². The first-order valence-electron chi connectivity index (χ1n) is 6.27. The van der Waals surface area contributed by atoms with Crippen LogP contribution in [-0.4, -0.2) is 39.0 Å². The monoisotopic (exact) mass is 304 g/mol. The van der Waals surface area contributed by atoms with Crippen molar-refractivity contribution in [3.05, 3.63) is 23.8 Å². The van der Waals surface area contributed by atoms with E-state index in [0.717, 1.165) is 0 Å². The van der Waals surface area contributed by atoms with Gasteiger partial charge in [-0.05, 0) is 24.7 Å². The molecule has 1 aliphatic rings. The molecule has 0 saturated heterocycles. The summed E-state index contributed by atoms with van der Waals surface area (Å²) in [6.45, 7) is -1.48. The summed E-state index contributed by atoms with van der Waals surface area (Å²) in [5.41, 5.74) is 1.20. The van der Waals surface area contributed by atoms with E-state index in [9.17, 15) is 18.0 Å². The maximum Gasteiger partial charge on any atom is 0.411 e. The Labute approximate surface area is 119 Å². The summed E-state index contributed by atoms with van der Waals surface area (Å²) in [6, 6.07) is 4.62. The van der Waals surface area contributed by atoms with Crippen molar-refractivity contribution >= 4 is 11.6 Å². The second-order valence-electron chi connectivity index (χ2n) is 4.56. The zero-order valence-electron chi connectivity index (χ0n) is 11.3. The van der Waals surface area contributed by atoms with E-state index in [1.54, 1.807) is 25.2 Å². The summed E-state index contributed by atoms with van der Waals surface area (Å²) in [5, 5.41) is 5.52. The van der Waals surface area contributed by atoms with E-state index in [1.165, 1.54) is 0 Å². The van der Waals surface area contributed by atoms with Crippen LogP contribution in [0.5, 0.6) is 5.75 Å². The second kappa shape index (κ2) is 6.31. The van der Waals surface area contributed by atoms with Gasteiger partial charge in [0.2, 0.25) is 0 Å². The van der Waals surface area contributed by atoms with Crippen molar-refractivity contribution in [2.24, 2.45) is 0 Å². The fourth-order valence-electron chi connectivity index (χ4n) is 1.96. The van der Waals surface area contributed by atoms with Crippen molar-refractivity contribution < 1.29 is 27.4 Å². The van der Waals surface area contributed by atoms with Gasteiger partial charge in [-0.3, -0.25) is 4.79 Å². The van der Waals surface area contributed by atoms with Gasteiger partial charge in [0.15, 0.2) is 6.61 Å². The van der Waals surface area contributed by atoms with Crippen molar-refractivity contribution in [1.82, 2.24) is 5.32 Å². The maximum absolute atomic E-state index is 12.1. The minimum atomic E-state index is -4.35. The molecule has 8 heteroatoms. The third kappa shape index (κ3) is 4.33. The molecular weight excluding hydrogens is 289 g/mol. The molecule has 0 spiro atoms. The molecule has 0 aliphatic carbocycles. The first kappa shape index (κ1) is 15.6. The van der Waals surface area contributed by atoms with Gasteiger partial charge in [-0.1, -0.05) is 6.07 Å². The van der Waals surface area contributed by atoms with Gasteiger partial charge in [0.25, 0.3) is 5.91 Å². The zero-order chi connectivity index (χ0) is 15.5. The molecule has 1 atom stereocenters. The lowest BCUT2D eigenvalue weighted by Crippen LogP contribution is -2.27. The summed E-state index contributed by atoms with van der Waals surface area (Å²) in [5.74, 6) is 0.262. The molecule has 1 heterocycles. The first-order valence-corrected chi connectivity index (χ1v) is 6.27.